The zero-order valence-electron chi connectivity index (χ0n) is 22.0. The van der Waals surface area contributed by atoms with Gasteiger partial charge < -0.3 is 10.1 Å². The monoisotopic (exact) mass is 560 g/mol. The fourth-order valence-electron chi connectivity index (χ4n) is 5.10. The molecule has 0 aliphatic carbocycles. The number of halogens is 1. The van der Waals surface area contributed by atoms with Crippen molar-refractivity contribution in [1.82, 2.24) is 4.90 Å². The first-order chi connectivity index (χ1) is 18.6. The fraction of sp³-hybridized carbons (Fsp3) is 0.250. The highest BCUT2D eigenvalue weighted by atomic mass is 35.5. The van der Waals surface area contributed by atoms with E-state index in [1.165, 1.54) is 16.9 Å². The van der Waals surface area contributed by atoms with Crippen LogP contribution in [0.1, 0.15) is 56.8 Å². The first kappa shape index (κ1) is 28.6. The van der Waals surface area contributed by atoms with Gasteiger partial charge >= 0.3 is 5.97 Å². The summed E-state index contributed by atoms with van der Waals surface area (Å²) in [4.78, 5) is 30.0. The van der Waals surface area contributed by atoms with Crippen LogP contribution in [0.15, 0.2) is 91.0 Å². The van der Waals surface area contributed by atoms with Crippen LogP contribution in [-0.2, 0) is 29.0 Å². The number of anilines is 1. The van der Waals surface area contributed by atoms with Gasteiger partial charge in [0.15, 0.2) is 0 Å². The largest absolute Gasteiger partial charge is 0.462 e. The fourth-order valence-corrected chi connectivity index (χ4v) is 6.40. The summed E-state index contributed by atoms with van der Waals surface area (Å²) < 4.78 is 5.42. The summed E-state index contributed by atoms with van der Waals surface area (Å²) in [7, 11) is 0. The molecule has 1 N–H and O–H groups in total. The number of esters is 1. The number of carbonyl (C=O) groups excluding carboxylic acids is 2. The van der Waals surface area contributed by atoms with E-state index in [1.807, 2.05) is 42.5 Å². The molecule has 0 fully saturated rings. The van der Waals surface area contributed by atoms with E-state index in [0.29, 0.717) is 17.2 Å². The summed E-state index contributed by atoms with van der Waals surface area (Å²) in [6, 6.07) is 30.6. The molecule has 0 saturated heterocycles. The zero-order valence-corrected chi connectivity index (χ0v) is 23.6. The molecule has 0 bridgehead atoms. The Morgan fingerprint density at radius 1 is 0.923 bits per heavy atom. The third kappa shape index (κ3) is 6.95. The van der Waals surface area contributed by atoms with Crippen LogP contribution < -0.4 is 5.32 Å². The molecule has 4 aromatic rings. The SMILES string of the molecule is CCOC(=O)c1c(NC(=O)CC(c2ccccc2)c2ccccc2)sc2c1CCN(Cc1ccccc1)C2.Cl. The van der Waals surface area contributed by atoms with Gasteiger partial charge in [0.1, 0.15) is 5.00 Å². The van der Waals surface area contributed by atoms with Gasteiger partial charge in [-0.15, -0.1) is 23.7 Å². The molecule has 202 valence electrons. The first-order valence-corrected chi connectivity index (χ1v) is 13.9. The van der Waals surface area contributed by atoms with Gasteiger partial charge in [0.25, 0.3) is 0 Å². The Morgan fingerprint density at radius 2 is 1.51 bits per heavy atom. The van der Waals surface area contributed by atoms with Crippen molar-refractivity contribution in [2.75, 3.05) is 18.5 Å². The maximum atomic E-state index is 13.5. The Kier molecular flexibility index (Phi) is 9.93. The van der Waals surface area contributed by atoms with Crippen molar-refractivity contribution in [3.63, 3.8) is 0 Å². The zero-order chi connectivity index (χ0) is 26.3. The molecular weight excluding hydrogens is 528 g/mol. The van der Waals surface area contributed by atoms with Crippen molar-refractivity contribution in [3.05, 3.63) is 124 Å². The number of nitrogens with zero attached hydrogens (tertiary/aromatic N) is 1. The van der Waals surface area contributed by atoms with Gasteiger partial charge in [-0.1, -0.05) is 91.0 Å². The number of fused-ring (bicyclic) bond motifs is 1. The van der Waals surface area contributed by atoms with Crippen LogP contribution in [0, 0.1) is 0 Å². The van der Waals surface area contributed by atoms with E-state index in [4.69, 9.17) is 4.74 Å². The molecule has 7 heteroatoms. The lowest BCUT2D eigenvalue weighted by Gasteiger charge is -2.27. The first-order valence-electron chi connectivity index (χ1n) is 13.1. The smallest absolute Gasteiger partial charge is 0.341 e. The predicted molar refractivity (Wildman–Crippen MR) is 160 cm³/mol. The maximum absolute atomic E-state index is 13.5. The van der Waals surface area contributed by atoms with Crippen LogP contribution in [0.4, 0.5) is 5.00 Å². The van der Waals surface area contributed by atoms with Crippen LogP contribution in [0.5, 0.6) is 0 Å². The second-order valence-corrected chi connectivity index (χ2v) is 10.6. The Hall–Kier alpha value is -3.45. The van der Waals surface area contributed by atoms with Crippen molar-refractivity contribution in [1.29, 1.82) is 0 Å². The number of carbonyl (C=O) groups is 2. The standard InChI is InChI=1S/C32H32N2O3S.ClH/c1-2-37-32(36)30-26-18-19-34(21-23-12-6-3-7-13-23)22-28(26)38-31(30)33-29(35)20-27(24-14-8-4-9-15-24)25-16-10-5-11-17-25;/h3-17,27H,2,18-22H2,1H3,(H,33,35);1H. The second-order valence-electron chi connectivity index (χ2n) is 9.50. The predicted octanol–water partition coefficient (Wildman–Crippen LogP) is 7.07. The van der Waals surface area contributed by atoms with Gasteiger partial charge in [-0.05, 0) is 35.6 Å². The quantitative estimate of drug-likeness (QED) is 0.222. The highest BCUT2D eigenvalue weighted by molar-refractivity contribution is 7.17. The van der Waals surface area contributed by atoms with E-state index in [-0.39, 0.29) is 36.6 Å². The minimum Gasteiger partial charge on any atom is -0.462 e. The van der Waals surface area contributed by atoms with Crippen molar-refractivity contribution < 1.29 is 14.3 Å². The number of benzene rings is 3. The van der Waals surface area contributed by atoms with E-state index in [0.717, 1.165) is 47.6 Å². The van der Waals surface area contributed by atoms with Crippen molar-refractivity contribution in [2.45, 2.75) is 38.8 Å². The van der Waals surface area contributed by atoms with Crippen LogP contribution in [-0.4, -0.2) is 29.9 Å². The Balaban J connectivity index is 0.00000353. The van der Waals surface area contributed by atoms with Gasteiger partial charge in [0, 0.05) is 36.9 Å². The number of thiophene rings is 1. The van der Waals surface area contributed by atoms with E-state index >= 15 is 0 Å². The topological polar surface area (TPSA) is 58.6 Å². The van der Waals surface area contributed by atoms with Gasteiger partial charge in [-0.3, -0.25) is 9.69 Å². The molecule has 0 spiro atoms. The summed E-state index contributed by atoms with van der Waals surface area (Å²) in [6.07, 6.45) is 1.03. The van der Waals surface area contributed by atoms with Crippen molar-refractivity contribution in [3.8, 4) is 0 Å². The number of hydrogen-bond acceptors (Lipinski definition) is 5. The minimum atomic E-state index is -0.362. The van der Waals surface area contributed by atoms with Gasteiger partial charge in [0.2, 0.25) is 5.91 Å². The lowest BCUT2D eigenvalue weighted by atomic mass is 9.88. The maximum Gasteiger partial charge on any atom is 0.341 e. The normalized spacial score (nSPS) is 12.9. The minimum absolute atomic E-state index is 0. The van der Waals surface area contributed by atoms with Gasteiger partial charge in [-0.25, -0.2) is 4.79 Å². The molecule has 0 saturated carbocycles. The number of amides is 1. The third-order valence-electron chi connectivity index (χ3n) is 6.91. The summed E-state index contributed by atoms with van der Waals surface area (Å²) in [6.45, 7) is 4.54. The number of nitrogens with one attached hydrogen (secondary N) is 1. The molecule has 3 aromatic carbocycles. The Morgan fingerprint density at radius 3 is 2.10 bits per heavy atom. The van der Waals surface area contributed by atoms with Crippen LogP contribution in [0.3, 0.4) is 0 Å². The molecule has 1 aliphatic rings. The third-order valence-corrected chi connectivity index (χ3v) is 8.04. The van der Waals surface area contributed by atoms with E-state index in [9.17, 15) is 9.59 Å². The van der Waals surface area contributed by atoms with Crippen molar-refractivity contribution in [2.24, 2.45) is 0 Å². The van der Waals surface area contributed by atoms with Gasteiger partial charge in [0.05, 0.1) is 12.2 Å². The number of rotatable bonds is 9. The molecule has 1 amide bonds. The van der Waals surface area contributed by atoms with Crippen LogP contribution in [0.2, 0.25) is 0 Å². The molecule has 5 nitrogen and oxygen atoms in total. The Labute approximate surface area is 240 Å². The Bertz CT molecular complexity index is 1340. The molecule has 0 atom stereocenters. The summed E-state index contributed by atoms with van der Waals surface area (Å²) in [5.41, 5.74) is 4.97. The van der Waals surface area contributed by atoms with Gasteiger partial charge in [-0.2, -0.15) is 0 Å². The molecule has 2 heterocycles. The lowest BCUT2D eigenvalue weighted by molar-refractivity contribution is -0.116. The number of hydrogen-bond donors (Lipinski definition) is 1. The highest BCUT2D eigenvalue weighted by Crippen LogP contribution is 2.38. The molecular formula is C32H33ClN2O3S. The summed E-state index contributed by atoms with van der Waals surface area (Å²) in [5, 5.41) is 3.70. The highest BCUT2D eigenvalue weighted by Gasteiger charge is 2.30. The summed E-state index contributed by atoms with van der Waals surface area (Å²) in [5.74, 6) is -0.563. The molecule has 1 aromatic heterocycles. The average molecular weight is 561 g/mol. The summed E-state index contributed by atoms with van der Waals surface area (Å²) >= 11 is 1.50. The van der Waals surface area contributed by atoms with E-state index < -0.39 is 0 Å². The van der Waals surface area contributed by atoms with Crippen molar-refractivity contribution >= 4 is 40.6 Å². The number of ether oxygens (including phenoxy) is 1. The molecule has 5 rings (SSSR count). The van der Waals surface area contributed by atoms with Crippen LogP contribution >= 0.6 is 23.7 Å². The second kappa shape index (κ2) is 13.6. The van der Waals surface area contributed by atoms with E-state index in [1.54, 1.807) is 6.92 Å². The molecule has 39 heavy (non-hydrogen) atoms. The lowest BCUT2D eigenvalue weighted by Crippen LogP contribution is -2.30. The van der Waals surface area contributed by atoms with Crippen LogP contribution in [0.25, 0.3) is 0 Å². The molecule has 0 unspecified atom stereocenters. The molecule has 1 aliphatic heterocycles. The average Bonchev–Trinajstić information content (AvgIpc) is 3.30. The van der Waals surface area contributed by atoms with E-state index in [2.05, 4.69) is 58.7 Å². The molecule has 0 radical (unpaired) electrons.